The number of nitrogens with zero attached hydrogens (tertiary/aromatic N) is 3. The van der Waals surface area contributed by atoms with Gasteiger partial charge in [-0.15, -0.1) is 0 Å². The van der Waals surface area contributed by atoms with Crippen LogP contribution >= 0.6 is 50.5 Å². The number of aromatic nitrogens is 2. The Morgan fingerprint density at radius 2 is 2.00 bits per heavy atom. The van der Waals surface area contributed by atoms with E-state index in [-0.39, 0.29) is 5.91 Å². The van der Waals surface area contributed by atoms with E-state index in [4.69, 9.17) is 23.2 Å². The number of halogens is 3. The van der Waals surface area contributed by atoms with Crippen LogP contribution in [0.2, 0.25) is 10.0 Å². The van der Waals surface area contributed by atoms with Crippen LogP contribution in [0.1, 0.15) is 15.9 Å². The molecule has 0 unspecified atom stereocenters. The predicted molar refractivity (Wildman–Crippen MR) is 119 cm³/mol. The van der Waals surface area contributed by atoms with Crippen molar-refractivity contribution in [2.75, 3.05) is 4.90 Å². The van der Waals surface area contributed by atoms with Crippen molar-refractivity contribution < 1.29 is 4.79 Å². The lowest BCUT2D eigenvalue weighted by Gasteiger charge is -2.20. The van der Waals surface area contributed by atoms with E-state index >= 15 is 0 Å². The van der Waals surface area contributed by atoms with Gasteiger partial charge >= 0.3 is 0 Å². The zero-order valence-corrected chi connectivity index (χ0v) is 18.2. The lowest BCUT2D eigenvalue weighted by Crippen LogP contribution is -2.30. The largest absolute Gasteiger partial charge is 0.279 e. The Balaban J connectivity index is 1.79. The van der Waals surface area contributed by atoms with Gasteiger partial charge in [-0.1, -0.05) is 56.5 Å². The highest BCUT2D eigenvalue weighted by atomic mass is 79.9. The fourth-order valence-electron chi connectivity index (χ4n) is 2.71. The minimum Gasteiger partial charge on any atom is -0.279 e. The molecule has 0 aliphatic carbocycles. The summed E-state index contributed by atoms with van der Waals surface area (Å²) < 4.78 is 1.94. The number of amides is 1. The number of anilines is 1. The van der Waals surface area contributed by atoms with Gasteiger partial charge in [0.1, 0.15) is 0 Å². The Hall–Kier alpha value is -1.99. The summed E-state index contributed by atoms with van der Waals surface area (Å²) in [4.78, 5) is 23.8. The van der Waals surface area contributed by atoms with Gasteiger partial charge in [0.25, 0.3) is 5.91 Å². The highest BCUT2D eigenvalue weighted by Gasteiger charge is 2.24. The third-order valence-corrected chi connectivity index (χ3v) is 6.12. The molecule has 4 aromatic rings. The van der Waals surface area contributed by atoms with Crippen LogP contribution in [0.4, 0.5) is 5.13 Å². The van der Waals surface area contributed by atoms with Gasteiger partial charge in [-0.05, 0) is 48.0 Å². The summed E-state index contributed by atoms with van der Waals surface area (Å²) in [7, 11) is 0. The maximum absolute atomic E-state index is 13.4. The monoisotopic (exact) mass is 491 g/mol. The van der Waals surface area contributed by atoms with Crippen molar-refractivity contribution in [3.05, 3.63) is 86.6 Å². The zero-order valence-electron chi connectivity index (χ0n) is 14.3. The van der Waals surface area contributed by atoms with Crippen LogP contribution < -0.4 is 4.90 Å². The first-order valence-electron chi connectivity index (χ1n) is 8.23. The number of hydrogen-bond donors (Lipinski definition) is 0. The molecule has 0 aliphatic heterocycles. The number of carbonyl (C=O) groups excluding carboxylic acids is 1. The maximum Gasteiger partial charge on any atom is 0.261 e. The summed E-state index contributed by atoms with van der Waals surface area (Å²) in [5.41, 5.74) is 2.09. The van der Waals surface area contributed by atoms with Crippen molar-refractivity contribution in [3.63, 3.8) is 0 Å². The van der Waals surface area contributed by atoms with Crippen molar-refractivity contribution >= 4 is 71.7 Å². The van der Waals surface area contributed by atoms with Gasteiger partial charge in [-0.3, -0.25) is 14.7 Å². The summed E-state index contributed by atoms with van der Waals surface area (Å²) in [6, 6.07) is 14.4. The predicted octanol–water partition coefficient (Wildman–Crippen LogP) is 6.61. The molecule has 0 bridgehead atoms. The molecular weight excluding hydrogens is 481 g/mol. The number of carbonyl (C=O) groups is 1. The van der Waals surface area contributed by atoms with Gasteiger partial charge < -0.3 is 0 Å². The van der Waals surface area contributed by atoms with Crippen LogP contribution in [-0.4, -0.2) is 15.9 Å². The summed E-state index contributed by atoms with van der Waals surface area (Å²) in [5.74, 6) is -0.247. The molecule has 140 valence electrons. The maximum atomic E-state index is 13.4. The smallest absolute Gasteiger partial charge is 0.261 e. The van der Waals surface area contributed by atoms with Crippen LogP contribution in [0.15, 0.2) is 65.4 Å². The quantitative estimate of drug-likeness (QED) is 0.322. The molecule has 2 aromatic heterocycles. The molecule has 1 amide bonds. The van der Waals surface area contributed by atoms with Gasteiger partial charge in [0.15, 0.2) is 5.13 Å². The summed E-state index contributed by atoms with van der Waals surface area (Å²) in [6.07, 6.45) is 3.43. The average molecular weight is 493 g/mol. The van der Waals surface area contributed by atoms with Crippen LogP contribution in [0, 0.1) is 0 Å². The molecule has 0 saturated heterocycles. The molecule has 0 aliphatic rings. The Morgan fingerprint density at radius 3 is 2.75 bits per heavy atom. The minimum absolute atomic E-state index is 0.247. The van der Waals surface area contributed by atoms with Crippen molar-refractivity contribution in [2.24, 2.45) is 0 Å². The number of fused-ring (bicyclic) bond motifs is 1. The van der Waals surface area contributed by atoms with Crippen molar-refractivity contribution in [2.45, 2.75) is 6.54 Å². The molecule has 4 rings (SSSR count). The second kappa shape index (κ2) is 8.17. The highest BCUT2D eigenvalue weighted by molar-refractivity contribution is 9.10. The molecule has 0 saturated carbocycles. The Kier molecular flexibility index (Phi) is 5.64. The zero-order chi connectivity index (χ0) is 19.7. The molecule has 0 radical (unpaired) electrons. The molecule has 0 fully saturated rings. The molecule has 2 heterocycles. The SMILES string of the molecule is O=C(c1ccc(Cl)cc1Cl)N(Cc1cccnc1)c1nc2ccc(Br)cc2s1. The Morgan fingerprint density at radius 1 is 1.14 bits per heavy atom. The first kappa shape index (κ1) is 19.3. The first-order valence-corrected chi connectivity index (χ1v) is 10.6. The second-order valence-corrected chi connectivity index (χ2v) is 8.75. The van der Waals surface area contributed by atoms with Crippen LogP contribution in [0.25, 0.3) is 10.2 Å². The summed E-state index contributed by atoms with van der Waals surface area (Å²) >= 11 is 17.2. The molecule has 28 heavy (non-hydrogen) atoms. The molecule has 0 atom stereocenters. The topological polar surface area (TPSA) is 46.1 Å². The Labute approximate surface area is 183 Å². The molecular formula is C20H12BrCl2N3OS. The Bertz CT molecular complexity index is 1170. The van der Waals surface area contributed by atoms with Crippen molar-refractivity contribution in [1.29, 1.82) is 0 Å². The van der Waals surface area contributed by atoms with E-state index in [1.807, 2.05) is 30.3 Å². The summed E-state index contributed by atoms with van der Waals surface area (Å²) in [5, 5.41) is 1.37. The molecule has 4 nitrogen and oxygen atoms in total. The average Bonchev–Trinajstić information content (AvgIpc) is 3.09. The van der Waals surface area contributed by atoms with Crippen LogP contribution in [0.3, 0.4) is 0 Å². The van der Waals surface area contributed by atoms with Gasteiger partial charge in [0.05, 0.1) is 27.3 Å². The van der Waals surface area contributed by atoms with Crippen molar-refractivity contribution in [1.82, 2.24) is 9.97 Å². The third kappa shape index (κ3) is 4.05. The number of pyridine rings is 1. The van der Waals surface area contributed by atoms with Crippen LogP contribution in [-0.2, 0) is 6.54 Å². The normalized spacial score (nSPS) is 11.0. The lowest BCUT2D eigenvalue weighted by molar-refractivity contribution is 0.0985. The van der Waals surface area contributed by atoms with Crippen LogP contribution in [0.5, 0.6) is 0 Å². The number of thiazole rings is 1. The fourth-order valence-corrected chi connectivity index (χ4v) is 4.72. The van der Waals surface area contributed by atoms with E-state index in [1.54, 1.807) is 35.5 Å². The van der Waals surface area contributed by atoms with E-state index in [0.717, 1.165) is 20.3 Å². The van der Waals surface area contributed by atoms with Crippen molar-refractivity contribution in [3.8, 4) is 0 Å². The summed E-state index contributed by atoms with van der Waals surface area (Å²) in [6.45, 7) is 0.326. The van der Waals surface area contributed by atoms with E-state index in [1.165, 1.54) is 11.3 Å². The van der Waals surface area contributed by atoms with Gasteiger partial charge in [0, 0.05) is 21.9 Å². The molecule has 8 heteroatoms. The van der Waals surface area contributed by atoms with Gasteiger partial charge in [-0.25, -0.2) is 4.98 Å². The lowest BCUT2D eigenvalue weighted by atomic mass is 10.2. The first-order chi connectivity index (χ1) is 13.5. The molecule has 0 N–H and O–H groups in total. The number of rotatable bonds is 4. The number of benzene rings is 2. The molecule has 2 aromatic carbocycles. The third-order valence-electron chi connectivity index (χ3n) is 4.04. The van der Waals surface area contributed by atoms with Gasteiger partial charge in [0.2, 0.25) is 0 Å². The fraction of sp³-hybridized carbons (Fsp3) is 0.0500. The minimum atomic E-state index is -0.247. The van der Waals surface area contributed by atoms with Gasteiger partial charge in [-0.2, -0.15) is 0 Å². The van der Waals surface area contributed by atoms with E-state index < -0.39 is 0 Å². The van der Waals surface area contributed by atoms with E-state index in [9.17, 15) is 4.79 Å². The van der Waals surface area contributed by atoms with E-state index in [0.29, 0.717) is 27.3 Å². The molecule has 0 spiro atoms. The second-order valence-electron chi connectivity index (χ2n) is 5.99. The standard InChI is InChI=1S/C20H12BrCl2N3OS/c21-13-3-6-17-18(8-13)28-20(25-17)26(11-12-2-1-7-24-10-12)19(27)15-5-4-14(22)9-16(15)23/h1-10H,11H2. The number of hydrogen-bond acceptors (Lipinski definition) is 4. The highest BCUT2D eigenvalue weighted by Crippen LogP contribution is 2.33. The van der Waals surface area contributed by atoms with E-state index in [2.05, 4.69) is 25.9 Å².